The van der Waals surface area contributed by atoms with E-state index in [-0.39, 0.29) is 5.75 Å². The van der Waals surface area contributed by atoms with Gasteiger partial charge in [0.05, 0.1) is 23.7 Å². The van der Waals surface area contributed by atoms with Gasteiger partial charge in [0.15, 0.2) is 0 Å². The molecule has 0 amide bonds. The second-order valence-corrected chi connectivity index (χ2v) is 4.10. The second kappa shape index (κ2) is 6.17. The van der Waals surface area contributed by atoms with Crippen molar-refractivity contribution in [3.8, 4) is 11.5 Å². The molecule has 0 aliphatic carbocycles. The number of ether oxygens (including phenoxy) is 2. The van der Waals surface area contributed by atoms with Crippen molar-refractivity contribution in [1.82, 2.24) is 0 Å². The predicted octanol–water partition coefficient (Wildman–Crippen LogP) is 3.10. The maximum absolute atomic E-state index is 13.5. The Bertz CT molecular complexity index is 748. The van der Waals surface area contributed by atoms with Crippen LogP contribution in [-0.2, 0) is 0 Å². The smallest absolute Gasteiger partial charge is 0.346 e. The van der Waals surface area contributed by atoms with E-state index in [1.165, 1.54) is 13.2 Å². The summed E-state index contributed by atoms with van der Waals surface area (Å²) in [5.74, 6) is -3.30. The summed E-state index contributed by atoms with van der Waals surface area (Å²) in [6.07, 6.45) is 0. The molecule has 22 heavy (non-hydrogen) atoms. The highest BCUT2D eigenvalue weighted by Gasteiger charge is 2.22. The molecule has 0 saturated heterocycles. The summed E-state index contributed by atoms with van der Waals surface area (Å²) >= 11 is 0. The molecule has 0 aromatic heterocycles. The van der Waals surface area contributed by atoms with Gasteiger partial charge in [-0.25, -0.2) is 13.6 Å². The average Bonchev–Trinajstić information content (AvgIpc) is 2.49. The van der Waals surface area contributed by atoms with Gasteiger partial charge in [-0.15, -0.1) is 0 Å². The van der Waals surface area contributed by atoms with Crippen molar-refractivity contribution in [2.45, 2.75) is 0 Å². The third-order valence-corrected chi connectivity index (χ3v) is 2.71. The van der Waals surface area contributed by atoms with Crippen molar-refractivity contribution < 1.29 is 28.0 Å². The lowest BCUT2D eigenvalue weighted by Crippen LogP contribution is -2.12. The van der Waals surface area contributed by atoms with Crippen molar-refractivity contribution >= 4 is 11.7 Å². The number of methoxy groups -OCH3 is 1. The lowest BCUT2D eigenvalue weighted by molar-refractivity contribution is -0.385. The molecule has 0 heterocycles. The van der Waals surface area contributed by atoms with E-state index in [2.05, 4.69) is 0 Å². The molecule has 0 aliphatic heterocycles. The minimum Gasteiger partial charge on any atom is -0.496 e. The molecule has 0 unspecified atom stereocenters. The van der Waals surface area contributed by atoms with Gasteiger partial charge in [0.2, 0.25) is 5.75 Å². The summed E-state index contributed by atoms with van der Waals surface area (Å²) in [6.45, 7) is 0. The van der Waals surface area contributed by atoms with E-state index >= 15 is 0 Å². The predicted molar refractivity (Wildman–Crippen MR) is 71.0 cm³/mol. The van der Waals surface area contributed by atoms with E-state index in [1.807, 2.05) is 0 Å². The van der Waals surface area contributed by atoms with Gasteiger partial charge in [0, 0.05) is 0 Å². The van der Waals surface area contributed by atoms with Gasteiger partial charge >= 0.3 is 11.7 Å². The third kappa shape index (κ3) is 3.17. The molecule has 0 radical (unpaired) electrons. The van der Waals surface area contributed by atoms with Crippen LogP contribution in [0.2, 0.25) is 0 Å². The summed E-state index contributed by atoms with van der Waals surface area (Å²) in [7, 11) is 1.31. The van der Waals surface area contributed by atoms with Crippen LogP contribution in [0.15, 0.2) is 36.4 Å². The number of nitro benzene ring substituents is 1. The van der Waals surface area contributed by atoms with Gasteiger partial charge in [-0.1, -0.05) is 0 Å². The highest BCUT2D eigenvalue weighted by atomic mass is 19.1. The van der Waals surface area contributed by atoms with E-state index < -0.39 is 39.5 Å². The average molecular weight is 309 g/mol. The molecule has 0 aliphatic rings. The molecule has 0 N–H and O–H groups in total. The molecule has 8 heteroatoms. The summed E-state index contributed by atoms with van der Waals surface area (Å²) in [5.41, 5.74) is -1.20. The number of carbonyl (C=O) groups excluding carboxylic acids is 1. The largest absolute Gasteiger partial charge is 0.496 e. The lowest BCUT2D eigenvalue weighted by Gasteiger charge is -2.07. The van der Waals surface area contributed by atoms with Crippen molar-refractivity contribution in [1.29, 1.82) is 0 Å². The second-order valence-electron chi connectivity index (χ2n) is 4.10. The molecule has 2 aromatic rings. The van der Waals surface area contributed by atoms with Crippen molar-refractivity contribution in [2.75, 3.05) is 7.11 Å². The Hall–Kier alpha value is -3.03. The molecule has 0 spiro atoms. The van der Waals surface area contributed by atoms with Crippen molar-refractivity contribution in [3.05, 3.63) is 63.7 Å². The van der Waals surface area contributed by atoms with Crippen LogP contribution in [-0.4, -0.2) is 18.0 Å². The summed E-state index contributed by atoms with van der Waals surface area (Å²) < 4.78 is 36.1. The summed E-state index contributed by atoms with van der Waals surface area (Å²) in [6, 6.07) is 5.75. The Labute approximate surface area is 123 Å². The van der Waals surface area contributed by atoms with Gasteiger partial charge in [0.25, 0.3) is 0 Å². The zero-order chi connectivity index (χ0) is 16.3. The number of esters is 1. The van der Waals surface area contributed by atoms with Gasteiger partial charge in [0.1, 0.15) is 17.4 Å². The lowest BCUT2D eigenvalue weighted by atomic mass is 10.2. The summed E-state index contributed by atoms with van der Waals surface area (Å²) in [5, 5.41) is 11.0. The van der Waals surface area contributed by atoms with Gasteiger partial charge in [-0.2, -0.15) is 0 Å². The van der Waals surface area contributed by atoms with E-state index in [9.17, 15) is 23.7 Å². The molecule has 0 fully saturated rings. The first-order valence-corrected chi connectivity index (χ1v) is 5.92. The number of halogens is 2. The normalized spacial score (nSPS) is 10.1. The number of hydrogen-bond donors (Lipinski definition) is 0. The van der Waals surface area contributed by atoms with E-state index in [0.29, 0.717) is 6.07 Å². The SMILES string of the molecule is COc1ccc(OC(=O)c2cc(F)ccc2F)c([N+](=O)[O-])c1. The standard InChI is InChI=1S/C14H9F2NO5/c1-21-9-3-5-13(12(7-9)17(19)20)22-14(18)10-6-8(15)2-4-11(10)16/h2-7H,1H3. The fourth-order valence-corrected chi connectivity index (χ4v) is 1.66. The molecule has 0 bridgehead atoms. The first-order chi connectivity index (χ1) is 10.4. The fraction of sp³-hybridized carbons (Fsp3) is 0.0714. The van der Waals surface area contributed by atoms with E-state index in [4.69, 9.17) is 9.47 Å². The molecule has 114 valence electrons. The van der Waals surface area contributed by atoms with Crippen LogP contribution in [0.4, 0.5) is 14.5 Å². The Kier molecular flexibility index (Phi) is 4.31. The molecular weight excluding hydrogens is 300 g/mol. The third-order valence-electron chi connectivity index (χ3n) is 2.71. The molecule has 6 nitrogen and oxygen atoms in total. The molecule has 2 aromatic carbocycles. The van der Waals surface area contributed by atoms with Crippen LogP contribution in [0, 0.1) is 21.7 Å². The maximum atomic E-state index is 13.5. The number of carbonyl (C=O) groups is 1. The van der Waals surface area contributed by atoms with Crippen molar-refractivity contribution in [2.24, 2.45) is 0 Å². The topological polar surface area (TPSA) is 78.7 Å². The van der Waals surface area contributed by atoms with E-state index in [0.717, 1.165) is 24.3 Å². The van der Waals surface area contributed by atoms with Crippen LogP contribution in [0.1, 0.15) is 10.4 Å². The minimum absolute atomic E-state index is 0.184. The zero-order valence-corrected chi connectivity index (χ0v) is 11.2. The van der Waals surface area contributed by atoms with Crippen LogP contribution in [0.25, 0.3) is 0 Å². The molecular formula is C14H9F2NO5. The fourth-order valence-electron chi connectivity index (χ4n) is 1.66. The number of hydrogen-bond acceptors (Lipinski definition) is 5. The Balaban J connectivity index is 2.36. The van der Waals surface area contributed by atoms with Gasteiger partial charge in [-0.05, 0) is 30.3 Å². The highest BCUT2D eigenvalue weighted by molar-refractivity contribution is 5.91. The quantitative estimate of drug-likeness (QED) is 0.375. The molecule has 0 atom stereocenters. The Morgan fingerprint density at radius 3 is 2.55 bits per heavy atom. The minimum atomic E-state index is -1.25. The first-order valence-electron chi connectivity index (χ1n) is 5.92. The summed E-state index contributed by atoms with van der Waals surface area (Å²) in [4.78, 5) is 22.0. The van der Waals surface area contributed by atoms with E-state index in [1.54, 1.807) is 0 Å². The number of benzene rings is 2. The van der Waals surface area contributed by atoms with Crippen LogP contribution in [0.3, 0.4) is 0 Å². The Morgan fingerprint density at radius 2 is 1.91 bits per heavy atom. The number of nitrogens with zero attached hydrogens (tertiary/aromatic N) is 1. The number of nitro groups is 1. The van der Waals surface area contributed by atoms with Gasteiger partial charge < -0.3 is 9.47 Å². The monoisotopic (exact) mass is 309 g/mol. The van der Waals surface area contributed by atoms with Crippen molar-refractivity contribution in [3.63, 3.8) is 0 Å². The van der Waals surface area contributed by atoms with Gasteiger partial charge in [-0.3, -0.25) is 10.1 Å². The van der Waals surface area contributed by atoms with Crippen LogP contribution >= 0.6 is 0 Å². The van der Waals surface area contributed by atoms with Crippen LogP contribution < -0.4 is 9.47 Å². The number of rotatable bonds is 4. The first kappa shape index (κ1) is 15.4. The Morgan fingerprint density at radius 1 is 1.18 bits per heavy atom. The zero-order valence-electron chi connectivity index (χ0n) is 11.2. The highest BCUT2D eigenvalue weighted by Crippen LogP contribution is 2.31. The molecule has 0 saturated carbocycles. The van der Waals surface area contributed by atoms with Crippen LogP contribution in [0.5, 0.6) is 11.5 Å². The molecule has 2 rings (SSSR count). The maximum Gasteiger partial charge on any atom is 0.346 e.